The van der Waals surface area contributed by atoms with E-state index in [0.29, 0.717) is 17.0 Å². The third-order valence-corrected chi connectivity index (χ3v) is 3.43. The number of hydrogen-bond acceptors (Lipinski definition) is 3. The Labute approximate surface area is 115 Å². The van der Waals surface area contributed by atoms with Crippen molar-refractivity contribution in [1.82, 2.24) is 9.97 Å². The van der Waals surface area contributed by atoms with E-state index in [1.807, 2.05) is 0 Å². The summed E-state index contributed by atoms with van der Waals surface area (Å²) in [5.41, 5.74) is 2.78. The number of hydrogen-bond donors (Lipinski definition) is 1. The lowest BCUT2D eigenvalue weighted by atomic mass is 10.1. The van der Waals surface area contributed by atoms with E-state index in [4.69, 9.17) is 23.2 Å². The van der Waals surface area contributed by atoms with Gasteiger partial charge in [0.15, 0.2) is 0 Å². The molecule has 1 N–H and O–H groups in total. The normalized spacial score (nSPS) is 14.6. The quantitative estimate of drug-likeness (QED) is 0.677. The molecule has 92 valence electrons. The van der Waals surface area contributed by atoms with Gasteiger partial charge in [0.2, 0.25) is 5.28 Å². The van der Waals surface area contributed by atoms with E-state index in [-0.39, 0.29) is 5.28 Å². The number of fused-ring (bicyclic) bond motifs is 1. The number of aromatic nitrogens is 2. The second-order valence-electron chi connectivity index (χ2n) is 4.36. The van der Waals surface area contributed by atoms with Gasteiger partial charge in [0.25, 0.3) is 0 Å². The molecule has 3 rings (SSSR count). The molecule has 0 radical (unpaired) electrons. The highest BCUT2D eigenvalue weighted by Gasteiger charge is 2.21. The monoisotopic (exact) mass is 279 g/mol. The maximum Gasteiger partial charge on any atom is 0.225 e. The highest BCUT2D eigenvalue weighted by Crippen LogP contribution is 2.24. The minimum atomic E-state index is 0.167. The third-order valence-electron chi connectivity index (χ3n) is 3.07. The standard InChI is InChI=1S/C13H11Cl2N3/c14-11-7-12(18-13(15)17-11)16-10-5-8-3-1-2-4-9(8)6-10/h1-4,7,10H,5-6H2,(H,16,17,18). The largest absolute Gasteiger partial charge is 0.366 e. The van der Waals surface area contributed by atoms with Crippen molar-refractivity contribution in [3.05, 3.63) is 51.9 Å². The maximum absolute atomic E-state index is 5.85. The topological polar surface area (TPSA) is 37.8 Å². The van der Waals surface area contributed by atoms with Crippen molar-refractivity contribution in [3.8, 4) is 0 Å². The summed E-state index contributed by atoms with van der Waals surface area (Å²) in [6.07, 6.45) is 1.99. The molecule has 18 heavy (non-hydrogen) atoms. The molecule has 1 heterocycles. The zero-order valence-electron chi connectivity index (χ0n) is 9.53. The van der Waals surface area contributed by atoms with Gasteiger partial charge in [-0.2, -0.15) is 0 Å². The second kappa shape index (κ2) is 4.75. The lowest BCUT2D eigenvalue weighted by Gasteiger charge is -2.12. The summed E-state index contributed by atoms with van der Waals surface area (Å²) in [7, 11) is 0. The van der Waals surface area contributed by atoms with Crippen LogP contribution in [0.15, 0.2) is 30.3 Å². The number of anilines is 1. The highest BCUT2D eigenvalue weighted by atomic mass is 35.5. The van der Waals surface area contributed by atoms with Crippen molar-refractivity contribution in [2.45, 2.75) is 18.9 Å². The summed E-state index contributed by atoms with van der Waals surface area (Å²) in [6, 6.07) is 10.5. The molecule has 5 heteroatoms. The Bertz CT molecular complexity index is 541. The van der Waals surface area contributed by atoms with Crippen LogP contribution in [0.25, 0.3) is 0 Å². The van der Waals surface area contributed by atoms with Crippen LogP contribution in [0, 0.1) is 0 Å². The van der Waals surface area contributed by atoms with E-state index in [0.717, 1.165) is 12.8 Å². The Balaban J connectivity index is 1.76. The molecular weight excluding hydrogens is 269 g/mol. The second-order valence-corrected chi connectivity index (χ2v) is 5.09. The molecule has 0 fully saturated rings. The van der Waals surface area contributed by atoms with Gasteiger partial charge < -0.3 is 5.32 Å². The molecular formula is C13H11Cl2N3. The summed E-state index contributed by atoms with van der Waals surface area (Å²) >= 11 is 11.6. The number of rotatable bonds is 2. The first kappa shape index (κ1) is 11.8. The molecule has 1 aliphatic rings. The SMILES string of the molecule is Clc1cc(NC2Cc3ccccc3C2)nc(Cl)n1. The van der Waals surface area contributed by atoms with Crippen LogP contribution < -0.4 is 5.32 Å². The average Bonchev–Trinajstić information content (AvgIpc) is 2.69. The molecule has 0 saturated heterocycles. The minimum absolute atomic E-state index is 0.167. The van der Waals surface area contributed by atoms with Gasteiger partial charge >= 0.3 is 0 Å². The lowest BCUT2D eigenvalue weighted by Crippen LogP contribution is -2.20. The molecule has 0 atom stereocenters. The van der Waals surface area contributed by atoms with Crippen LogP contribution in [0.5, 0.6) is 0 Å². The lowest BCUT2D eigenvalue weighted by molar-refractivity contribution is 0.768. The molecule has 0 bridgehead atoms. The van der Waals surface area contributed by atoms with Gasteiger partial charge in [0.05, 0.1) is 0 Å². The predicted molar refractivity (Wildman–Crippen MR) is 73.3 cm³/mol. The fourth-order valence-electron chi connectivity index (χ4n) is 2.33. The van der Waals surface area contributed by atoms with Gasteiger partial charge in [0.1, 0.15) is 11.0 Å². The van der Waals surface area contributed by atoms with E-state index in [1.54, 1.807) is 6.07 Å². The molecule has 0 aliphatic heterocycles. The first-order chi connectivity index (χ1) is 8.70. The Morgan fingerprint density at radius 3 is 2.33 bits per heavy atom. The fourth-order valence-corrected chi connectivity index (χ4v) is 2.74. The summed E-state index contributed by atoms with van der Waals surface area (Å²) in [5, 5.41) is 3.87. The molecule has 3 nitrogen and oxygen atoms in total. The van der Waals surface area contributed by atoms with Gasteiger partial charge in [-0.1, -0.05) is 35.9 Å². The molecule has 0 unspecified atom stereocenters. The van der Waals surface area contributed by atoms with Gasteiger partial charge in [-0.15, -0.1) is 0 Å². The number of halogens is 2. The maximum atomic E-state index is 5.85. The summed E-state index contributed by atoms with van der Waals surface area (Å²) in [6.45, 7) is 0. The Kier molecular flexibility index (Phi) is 3.10. The first-order valence-corrected chi connectivity index (χ1v) is 6.50. The zero-order valence-corrected chi connectivity index (χ0v) is 11.0. The summed E-state index contributed by atoms with van der Waals surface area (Å²) in [4.78, 5) is 7.95. The Hall–Kier alpha value is -1.32. The van der Waals surface area contributed by atoms with Crippen molar-refractivity contribution < 1.29 is 0 Å². The summed E-state index contributed by atoms with van der Waals surface area (Å²) in [5.74, 6) is 0.679. The highest BCUT2D eigenvalue weighted by molar-refractivity contribution is 6.32. The van der Waals surface area contributed by atoms with Crippen LogP contribution in [-0.2, 0) is 12.8 Å². The van der Waals surface area contributed by atoms with Crippen LogP contribution >= 0.6 is 23.2 Å². The van der Waals surface area contributed by atoms with Crippen molar-refractivity contribution in [2.75, 3.05) is 5.32 Å². The van der Waals surface area contributed by atoms with E-state index in [1.165, 1.54) is 11.1 Å². The molecule has 1 aromatic heterocycles. The average molecular weight is 280 g/mol. The van der Waals surface area contributed by atoms with Crippen LogP contribution in [0.3, 0.4) is 0 Å². The molecule has 0 spiro atoms. The zero-order chi connectivity index (χ0) is 12.5. The number of benzene rings is 1. The van der Waals surface area contributed by atoms with Gasteiger partial charge in [-0.05, 0) is 35.6 Å². The van der Waals surface area contributed by atoms with E-state index < -0.39 is 0 Å². The van der Waals surface area contributed by atoms with Crippen molar-refractivity contribution in [3.63, 3.8) is 0 Å². The fraction of sp³-hybridized carbons (Fsp3) is 0.231. The first-order valence-electron chi connectivity index (χ1n) is 5.74. The summed E-state index contributed by atoms with van der Waals surface area (Å²) < 4.78 is 0. The van der Waals surface area contributed by atoms with E-state index in [9.17, 15) is 0 Å². The molecule has 1 aromatic carbocycles. The molecule has 1 aliphatic carbocycles. The molecule has 2 aromatic rings. The predicted octanol–water partition coefficient (Wildman–Crippen LogP) is 3.36. The Morgan fingerprint density at radius 2 is 1.72 bits per heavy atom. The van der Waals surface area contributed by atoms with Crippen molar-refractivity contribution in [2.24, 2.45) is 0 Å². The van der Waals surface area contributed by atoms with Crippen LogP contribution in [0.1, 0.15) is 11.1 Å². The van der Waals surface area contributed by atoms with Gasteiger partial charge in [-0.3, -0.25) is 0 Å². The number of nitrogens with zero attached hydrogens (tertiary/aromatic N) is 2. The molecule has 0 saturated carbocycles. The van der Waals surface area contributed by atoms with E-state index in [2.05, 4.69) is 39.6 Å². The minimum Gasteiger partial charge on any atom is -0.366 e. The van der Waals surface area contributed by atoms with E-state index >= 15 is 0 Å². The Morgan fingerprint density at radius 1 is 1.06 bits per heavy atom. The van der Waals surface area contributed by atoms with Gasteiger partial charge in [-0.25, -0.2) is 9.97 Å². The van der Waals surface area contributed by atoms with Gasteiger partial charge in [0, 0.05) is 12.1 Å². The van der Waals surface area contributed by atoms with Crippen molar-refractivity contribution in [1.29, 1.82) is 0 Å². The van der Waals surface area contributed by atoms with Crippen LogP contribution in [-0.4, -0.2) is 16.0 Å². The van der Waals surface area contributed by atoms with Crippen molar-refractivity contribution >= 4 is 29.0 Å². The smallest absolute Gasteiger partial charge is 0.225 e. The molecule has 0 amide bonds. The number of nitrogens with one attached hydrogen (secondary N) is 1. The van der Waals surface area contributed by atoms with Crippen LogP contribution in [0.2, 0.25) is 10.4 Å². The van der Waals surface area contributed by atoms with Crippen LogP contribution in [0.4, 0.5) is 5.82 Å². The third kappa shape index (κ3) is 2.42.